The molecule has 8 heteroatoms. The van der Waals surface area contributed by atoms with Crippen LogP contribution in [0.25, 0.3) is 0 Å². The molecular formula is C19H21ClF3N3O. The van der Waals surface area contributed by atoms with Gasteiger partial charge in [0.25, 0.3) is 0 Å². The van der Waals surface area contributed by atoms with Gasteiger partial charge >= 0.3 is 6.18 Å². The quantitative estimate of drug-likeness (QED) is 0.732. The van der Waals surface area contributed by atoms with E-state index < -0.39 is 17.8 Å². The number of nitrogens with zero attached hydrogens (tertiary/aromatic N) is 1. The third-order valence-electron chi connectivity index (χ3n) is 4.10. The first-order valence-corrected chi connectivity index (χ1v) is 8.79. The fraction of sp³-hybridized carbons (Fsp3) is 0.368. The molecule has 1 aromatic carbocycles. The van der Waals surface area contributed by atoms with Crippen molar-refractivity contribution < 1.29 is 18.0 Å². The Morgan fingerprint density at radius 3 is 2.52 bits per heavy atom. The molecule has 2 aromatic rings. The lowest BCUT2D eigenvalue weighted by Crippen LogP contribution is -2.43. The van der Waals surface area contributed by atoms with Crippen molar-refractivity contribution in [1.82, 2.24) is 10.3 Å². The van der Waals surface area contributed by atoms with Crippen molar-refractivity contribution in [2.75, 3.05) is 5.32 Å². The maximum absolute atomic E-state index is 12.8. The minimum Gasteiger partial charge on any atom is -0.372 e. The first-order chi connectivity index (χ1) is 12.6. The monoisotopic (exact) mass is 399 g/mol. The fourth-order valence-corrected chi connectivity index (χ4v) is 2.73. The van der Waals surface area contributed by atoms with Crippen LogP contribution >= 0.6 is 11.6 Å². The van der Waals surface area contributed by atoms with E-state index in [0.717, 1.165) is 23.4 Å². The molecule has 146 valence electrons. The third-order valence-corrected chi connectivity index (χ3v) is 4.42. The number of carbonyl (C=O) groups is 1. The van der Waals surface area contributed by atoms with E-state index in [1.54, 1.807) is 6.20 Å². The van der Waals surface area contributed by atoms with E-state index in [4.69, 9.17) is 11.6 Å². The number of aryl methyl sites for hydroxylation is 1. The van der Waals surface area contributed by atoms with Crippen molar-refractivity contribution in [2.45, 2.75) is 39.5 Å². The van der Waals surface area contributed by atoms with Crippen molar-refractivity contribution in [3.05, 3.63) is 58.4 Å². The minimum atomic E-state index is -4.47. The Bertz CT molecular complexity index is 809. The number of hydrogen-bond acceptors (Lipinski definition) is 3. The minimum absolute atomic E-state index is 0.0937. The number of aromatic nitrogens is 1. The summed E-state index contributed by atoms with van der Waals surface area (Å²) in [5.41, 5.74) is 1.14. The Kier molecular flexibility index (Phi) is 6.70. The second kappa shape index (κ2) is 8.61. The van der Waals surface area contributed by atoms with Crippen LogP contribution in [-0.4, -0.2) is 16.9 Å². The SMILES string of the molecule is Cc1cccnc1CNC(=O)[C@@H](Nc1ccc(C(F)(F)F)cc1Cl)C(C)C. The molecule has 0 fully saturated rings. The largest absolute Gasteiger partial charge is 0.416 e. The predicted molar refractivity (Wildman–Crippen MR) is 99.5 cm³/mol. The summed E-state index contributed by atoms with van der Waals surface area (Å²) in [5, 5.41) is 5.66. The number of benzene rings is 1. The molecule has 2 rings (SSSR count). The molecule has 27 heavy (non-hydrogen) atoms. The Balaban J connectivity index is 2.11. The molecule has 0 aliphatic carbocycles. The van der Waals surface area contributed by atoms with Gasteiger partial charge in [0.1, 0.15) is 6.04 Å². The lowest BCUT2D eigenvalue weighted by Gasteiger charge is -2.24. The first-order valence-electron chi connectivity index (χ1n) is 8.41. The first kappa shape index (κ1) is 21.0. The van der Waals surface area contributed by atoms with E-state index in [-0.39, 0.29) is 29.1 Å². The van der Waals surface area contributed by atoms with E-state index in [1.165, 1.54) is 6.07 Å². The zero-order valence-electron chi connectivity index (χ0n) is 15.2. The van der Waals surface area contributed by atoms with Gasteiger partial charge in [-0.2, -0.15) is 13.2 Å². The molecule has 0 spiro atoms. The zero-order valence-corrected chi connectivity index (χ0v) is 15.9. The average Bonchev–Trinajstić information content (AvgIpc) is 2.58. The Labute approximate surface area is 161 Å². The molecule has 0 bridgehead atoms. The third kappa shape index (κ3) is 5.60. The van der Waals surface area contributed by atoms with Gasteiger partial charge in [-0.3, -0.25) is 9.78 Å². The summed E-state index contributed by atoms with van der Waals surface area (Å²) in [7, 11) is 0. The lowest BCUT2D eigenvalue weighted by atomic mass is 10.0. The van der Waals surface area contributed by atoms with Crippen LogP contribution in [0.4, 0.5) is 18.9 Å². The number of alkyl halides is 3. The number of anilines is 1. The van der Waals surface area contributed by atoms with E-state index in [2.05, 4.69) is 15.6 Å². The normalized spacial score (nSPS) is 12.7. The standard InChI is InChI=1S/C19H21ClF3N3O/c1-11(2)17(18(27)25-10-16-12(3)5-4-8-24-16)26-15-7-6-13(9-14(15)20)19(21,22)23/h4-9,11,17,26H,10H2,1-3H3,(H,25,27)/t17-/m0/s1. The van der Waals surface area contributed by atoms with E-state index in [0.29, 0.717) is 0 Å². The van der Waals surface area contributed by atoms with E-state index in [9.17, 15) is 18.0 Å². The van der Waals surface area contributed by atoms with Gasteiger partial charge in [-0.15, -0.1) is 0 Å². The smallest absolute Gasteiger partial charge is 0.372 e. The van der Waals surface area contributed by atoms with Crippen molar-refractivity contribution in [1.29, 1.82) is 0 Å². The van der Waals surface area contributed by atoms with Crippen LogP contribution in [0.2, 0.25) is 5.02 Å². The summed E-state index contributed by atoms with van der Waals surface area (Å²) in [4.78, 5) is 16.8. The molecule has 4 nitrogen and oxygen atoms in total. The van der Waals surface area contributed by atoms with Crippen LogP contribution in [0.5, 0.6) is 0 Å². The summed E-state index contributed by atoms with van der Waals surface area (Å²) in [6.07, 6.45) is -2.83. The Hall–Kier alpha value is -2.28. The summed E-state index contributed by atoms with van der Waals surface area (Å²) in [6, 6.07) is 6.05. The topological polar surface area (TPSA) is 54.0 Å². The fourth-order valence-electron chi connectivity index (χ4n) is 2.50. The highest BCUT2D eigenvalue weighted by Crippen LogP contribution is 2.34. The zero-order chi connectivity index (χ0) is 20.2. The number of carbonyl (C=O) groups excluding carboxylic acids is 1. The Morgan fingerprint density at radius 2 is 1.96 bits per heavy atom. The number of pyridine rings is 1. The highest BCUT2D eigenvalue weighted by atomic mass is 35.5. The van der Waals surface area contributed by atoms with Crippen LogP contribution in [0.3, 0.4) is 0 Å². The maximum atomic E-state index is 12.8. The number of halogens is 4. The molecule has 0 unspecified atom stereocenters. The maximum Gasteiger partial charge on any atom is 0.416 e. The van der Waals surface area contributed by atoms with E-state index in [1.807, 2.05) is 32.9 Å². The number of amides is 1. The summed E-state index contributed by atoms with van der Waals surface area (Å²) >= 11 is 5.98. The summed E-state index contributed by atoms with van der Waals surface area (Å²) in [6.45, 7) is 5.83. The van der Waals surface area contributed by atoms with Crippen molar-refractivity contribution in [3.63, 3.8) is 0 Å². The molecule has 0 radical (unpaired) electrons. The molecule has 1 amide bonds. The highest BCUT2D eigenvalue weighted by molar-refractivity contribution is 6.33. The number of rotatable bonds is 6. The molecule has 0 aliphatic rings. The summed E-state index contributed by atoms with van der Waals surface area (Å²) < 4.78 is 38.3. The molecule has 0 saturated heterocycles. The molecule has 0 aliphatic heterocycles. The van der Waals surface area contributed by atoms with Crippen LogP contribution in [0.15, 0.2) is 36.5 Å². The summed E-state index contributed by atoms with van der Waals surface area (Å²) in [5.74, 6) is -0.404. The molecule has 1 heterocycles. The van der Waals surface area contributed by atoms with Gasteiger partial charge in [-0.1, -0.05) is 31.5 Å². The molecule has 1 aromatic heterocycles. The van der Waals surface area contributed by atoms with Crippen LogP contribution < -0.4 is 10.6 Å². The van der Waals surface area contributed by atoms with E-state index >= 15 is 0 Å². The second-order valence-corrected chi connectivity index (χ2v) is 6.95. The van der Waals surface area contributed by atoms with Crippen LogP contribution in [0.1, 0.15) is 30.7 Å². The molecule has 2 N–H and O–H groups in total. The van der Waals surface area contributed by atoms with Crippen LogP contribution in [0, 0.1) is 12.8 Å². The van der Waals surface area contributed by atoms with Gasteiger partial charge in [-0.25, -0.2) is 0 Å². The number of hydrogen-bond donors (Lipinski definition) is 2. The van der Waals surface area contributed by atoms with Gasteiger partial charge < -0.3 is 10.6 Å². The van der Waals surface area contributed by atoms with Gasteiger partial charge in [0, 0.05) is 6.20 Å². The molecule has 0 saturated carbocycles. The highest BCUT2D eigenvalue weighted by Gasteiger charge is 2.31. The van der Waals surface area contributed by atoms with Crippen molar-refractivity contribution in [3.8, 4) is 0 Å². The van der Waals surface area contributed by atoms with Gasteiger partial charge in [0.2, 0.25) is 5.91 Å². The van der Waals surface area contributed by atoms with Crippen molar-refractivity contribution in [2.24, 2.45) is 5.92 Å². The van der Waals surface area contributed by atoms with Crippen LogP contribution in [-0.2, 0) is 17.5 Å². The van der Waals surface area contributed by atoms with Gasteiger partial charge in [0.15, 0.2) is 0 Å². The molecular weight excluding hydrogens is 379 g/mol. The van der Waals surface area contributed by atoms with Crippen molar-refractivity contribution >= 4 is 23.2 Å². The second-order valence-electron chi connectivity index (χ2n) is 6.54. The predicted octanol–water partition coefficient (Wildman–Crippen LogP) is 4.82. The van der Waals surface area contributed by atoms with Gasteiger partial charge in [-0.05, 0) is 42.7 Å². The Morgan fingerprint density at radius 1 is 1.26 bits per heavy atom. The average molecular weight is 400 g/mol. The number of nitrogens with one attached hydrogen (secondary N) is 2. The molecule has 1 atom stereocenters. The lowest BCUT2D eigenvalue weighted by molar-refractivity contribution is -0.137. The van der Waals surface area contributed by atoms with Gasteiger partial charge in [0.05, 0.1) is 28.5 Å².